The molecule has 4 heteroatoms. The molecule has 3 nitrogen and oxygen atoms in total. The van der Waals surface area contributed by atoms with Crippen molar-refractivity contribution in [2.75, 3.05) is 11.9 Å². The Morgan fingerprint density at radius 1 is 1.47 bits per heavy atom. The van der Waals surface area contributed by atoms with E-state index in [0.717, 1.165) is 18.2 Å². The van der Waals surface area contributed by atoms with Crippen molar-refractivity contribution < 1.29 is 4.79 Å². The van der Waals surface area contributed by atoms with Crippen LogP contribution >= 0.6 is 15.9 Å². The lowest BCUT2D eigenvalue weighted by atomic mass is 9.84. The van der Waals surface area contributed by atoms with E-state index in [1.807, 2.05) is 0 Å². The van der Waals surface area contributed by atoms with Gasteiger partial charge in [-0.3, -0.25) is 9.78 Å². The summed E-state index contributed by atoms with van der Waals surface area (Å²) in [6.07, 6.45) is 5.34. The number of hydrogen-bond acceptors (Lipinski definition) is 2. The fourth-order valence-electron chi connectivity index (χ4n) is 1.60. The molecule has 0 fully saturated rings. The highest BCUT2D eigenvalue weighted by molar-refractivity contribution is 9.09. The Bertz CT molecular complexity index is 341. The number of halogens is 1. The summed E-state index contributed by atoms with van der Waals surface area (Å²) in [5, 5.41) is 3.89. The predicted octanol–water partition coefficient (Wildman–Crippen LogP) is 3.01. The molecule has 0 aliphatic heterocycles. The molecule has 0 saturated heterocycles. The number of alkyl halides is 1. The van der Waals surface area contributed by atoms with Crippen LogP contribution in [0.1, 0.15) is 37.0 Å². The van der Waals surface area contributed by atoms with Crippen LogP contribution < -0.4 is 5.32 Å². The second-order valence-corrected chi connectivity index (χ2v) is 4.83. The van der Waals surface area contributed by atoms with E-state index in [2.05, 4.69) is 40.1 Å². The first-order valence-corrected chi connectivity index (χ1v) is 7.04. The highest BCUT2D eigenvalue weighted by Gasteiger charge is 2.25. The van der Waals surface area contributed by atoms with Gasteiger partial charge in [0.1, 0.15) is 0 Å². The van der Waals surface area contributed by atoms with Crippen molar-refractivity contribution in [2.24, 2.45) is 5.41 Å². The Kier molecular flexibility index (Phi) is 5.62. The van der Waals surface area contributed by atoms with Gasteiger partial charge in [0.25, 0.3) is 5.91 Å². The fraction of sp³-hybridized carbons (Fsp3) is 0.538. The van der Waals surface area contributed by atoms with E-state index in [0.29, 0.717) is 12.1 Å². The summed E-state index contributed by atoms with van der Waals surface area (Å²) in [6.45, 7) is 5.00. The first-order chi connectivity index (χ1) is 8.17. The van der Waals surface area contributed by atoms with Gasteiger partial charge >= 0.3 is 0 Å². The van der Waals surface area contributed by atoms with Gasteiger partial charge in [-0.1, -0.05) is 29.8 Å². The minimum atomic E-state index is -0.0506. The molecule has 1 N–H and O–H groups in total. The van der Waals surface area contributed by atoms with Crippen LogP contribution in [0, 0.1) is 5.41 Å². The second-order valence-electron chi connectivity index (χ2n) is 4.27. The van der Waals surface area contributed by atoms with Crippen molar-refractivity contribution in [3.05, 3.63) is 30.1 Å². The van der Waals surface area contributed by atoms with Gasteiger partial charge in [0.05, 0.1) is 5.56 Å². The van der Waals surface area contributed by atoms with Gasteiger partial charge in [-0.15, -0.1) is 0 Å². The molecule has 0 unspecified atom stereocenters. The molecule has 1 rings (SSSR count). The van der Waals surface area contributed by atoms with Crippen LogP contribution in [0.3, 0.4) is 0 Å². The fourth-order valence-corrected chi connectivity index (χ4v) is 2.59. The van der Waals surface area contributed by atoms with E-state index >= 15 is 0 Å². The molecular formula is C13H19BrN2O. The summed E-state index contributed by atoms with van der Waals surface area (Å²) in [4.78, 5) is 15.8. The molecule has 1 aromatic rings. The summed E-state index contributed by atoms with van der Waals surface area (Å²) in [7, 11) is 0. The van der Waals surface area contributed by atoms with Crippen LogP contribution in [-0.4, -0.2) is 22.8 Å². The topological polar surface area (TPSA) is 42.0 Å². The Labute approximate surface area is 111 Å². The van der Waals surface area contributed by atoms with Crippen molar-refractivity contribution in [3.63, 3.8) is 0 Å². The average molecular weight is 299 g/mol. The Morgan fingerprint density at radius 3 is 2.65 bits per heavy atom. The van der Waals surface area contributed by atoms with E-state index in [1.165, 1.54) is 0 Å². The zero-order valence-electron chi connectivity index (χ0n) is 10.4. The molecule has 0 aromatic carbocycles. The van der Waals surface area contributed by atoms with Gasteiger partial charge < -0.3 is 5.32 Å². The molecule has 0 atom stereocenters. The average Bonchev–Trinajstić information content (AvgIpc) is 2.41. The molecule has 0 bridgehead atoms. The van der Waals surface area contributed by atoms with Crippen LogP contribution in [0.2, 0.25) is 0 Å². The summed E-state index contributed by atoms with van der Waals surface area (Å²) in [5.74, 6) is -0.0506. The molecular weight excluding hydrogens is 280 g/mol. The first kappa shape index (κ1) is 14.2. The van der Waals surface area contributed by atoms with Gasteiger partial charge in [0.2, 0.25) is 0 Å². The van der Waals surface area contributed by atoms with E-state index < -0.39 is 0 Å². The summed E-state index contributed by atoms with van der Waals surface area (Å²) in [6, 6.07) is 3.54. The quantitative estimate of drug-likeness (QED) is 0.820. The third-order valence-corrected chi connectivity index (χ3v) is 4.52. The van der Waals surface area contributed by atoms with Crippen molar-refractivity contribution in [2.45, 2.75) is 26.7 Å². The summed E-state index contributed by atoms with van der Waals surface area (Å²) < 4.78 is 0. The molecule has 0 aliphatic carbocycles. The molecule has 17 heavy (non-hydrogen) atoms. The number of pyridine rings is 1. The molecule has 94 valence electrons. The molecule has 1 amide bonds. The first-order valence-electron chi connectivity index (χ1n) is 5.91. The maximum Gasteiger partial charge on any atom is 0.252 e. The van der Waals surface area contributed by atoms with Crippen LogP contribution in [0.15, 0.2) is 24.5 Å². The number of rotatable bonds is 6. The number of aromatic nitrogens is 1. The number of nitrogens with zero attached hydrogens (tertiary/aromatic N) is 1. The normalized spacial score (nSPS) is 11.2. The molecule has 1 heterocycles. The maximum absolute atomic E-state index is 11.9. The van der Waals surface area contributed by atoms with Crippen LogP contribution in [0.25, 0.3) is 0 Å². The van der Waals surface area contributed by atoms with Gasteiger partial charge in [0.15, 0.2) is 0 Å². The van der Waals surface area contributed by atoms with E-state index in [9.17, 15) is 4.79 Å². The highest BCUT2D eigenvalue weighted by Crippen LogP contribution is 2.27. The Hall–Kier alpha value is -0.900. The minimum absolute atomic E-state index is 0.0506. The van der Waals surface area contributed by atoms with Crippen molar-refractivity contribution in [3.8, 4) is 0 Å². The lowest BCUT2D eigenvalue weighted by molar-refractivity contribution is 0.0932. The van der Waals surface area contributed by atoms with Gasteiger partial charge in [-0.25, -0.2) is 0 Å². The van der Waals surface area contributed by atoms with Crippen LogP contribution in [0.4, 0.5) is 0 Å². The summed E-state index contributed by atoms with van der Waals surface area (Å²) >= 11 is 3.54. The SMILES string of the molecule is CCC(CC)(CBr)CNC(=O)c1cccnc1. The molecule has 1 aromatic heterocycles. The summed E-state index contributed by atoms with van der Waals surface area (Å²) in [5.41, 5.74) is 0.765. The standard InChI is InChI=1S/C13H19BrN2O/c1-3-13(4-2,9-14)10-16-12(17)11-6-5-7-15-8-11/h5-8H,3-4,9-10H2,1-2H3,(H,16,17). The number of carbonyl (C=O) groups excluding carboxylic acids is 1. The van der Waals surface area contributed by atoms with Crippen LogP contribution in [-0.2, 0) is 0 Å². The maximum atomic E-state index is 11.9. The molecule has 0 spiro atoms. The Balaban J connectivity index is 2.59. The van der Waals surface area contributed by atoms with Crippen molar-refractivity contribution in [1.29, 1.82) is 0 Å². The largest absolute Gasteiger partial charge is 0.351 e. The number of nitrogens with one attached hydrogen (secondary N) is 1. The van der Waals surface area contributed by atoms with Gasteiger partial charge in [-0.2, -0.15) is 0 Å². The lowest BCUT2D eigenvalue weighted by Crippen LogP contribution is -2.38. The zero-order valence-corrected chi connectivity index (χ0v) is 12.0. The minimum Gasteiger partial charge on any atom is -0.351 e. The Morgan fingerprint density at radius 2 is 2.18 bits per heavy atom. The second kappa shape index (κ2) is 6.74. The lowest BCUT2D eigenvalue weighted by Gasteiger charge is -2.29. The van der Waals surface area contributed by atoms with E-state index in [-0.39, 0.29) is 11.3 Å². The predicted molar refractivity (Wildman–Crippen MR) is 73.4 cm³/mol. The molecule has 0 radical (unpaired) electrons. The highest BCUT2D eigenvalue weighted by atomic mass is 79.9. The van der Waals surface area contributed by atoms with E-state index in [1.54, 1.807) is 24.5 Å². The number of hydrogen-bond donors (Lipinski definition) is 1. The van der Waals surface area contributed by atoms with E-state index in [4.69, 9.17) is 0 Å². The smallest absolute Gasteiger partial charge is 0.252 e. The molecule has 0 aliphatic rings. The third-order valence-electron chi connectivity index (χ3n) is 3.33. The van der Waals surface area contributed by atoms with Crippen LogP contribution in [0.5, 0.6) is 0 Å². The van der Waals surface area contributed by atoms with Gasteiger partial charge in [-0.05, 0) is 30.4 Å². The molecule has 0 saturated carbocycles. The van der Waals surface area contributed by atoms with Crippen molar-refractivity contribution >= 4 is 21.8 Å². The third kappa shape index (κ3) is 3.80. The van der Waals surface area contributed by atoms with Crippen molar-refractivity contribution in [1.82, 2.24) is 10.3 Å². The zero-order chi connectivity index (χ0) is 12.7. The van der Waals surface area contributed by atoms with Gasteiger partial charge in [0, 0.05) is 24.3 Å². The number of amides is 1. The number of carbonyl (C=O) groups is 1. The monoisotopic (exact) mass is 298 g/mol.